The molecule has 0 heterocycles. The second-order valence-electron chi connectivity index (χ2n) is 3.36. The van der Waals surface area contributed by atoms with Crippen molar-refractivity contribution in [1.82, 2.24) is 0 Å². The molecule has 2 aromatic carbocycles. The van der Waals surface area contributed by atoms with Gasteiger partial charge in [0.25, 0.3) is 0 Å². The molecule has 0 bridgehead atoms. The van der Waals surface area contributed by atoms with Gasteiger partial charge in [-0.3, -0.25) is 0 Å². The average molecular weight is 232 g/mol. The topological polar surface area (TPSA) is 78.5 Å². The van der Waals surface area contributed by atoms with Crippen molar-refractivity contribution in [2.24, 2.45) is 0 Å². The van der Waals surface area contributed by atoms with Crippen molar-refractivity contribution in [2.45, 2.75) is 0 Å². The van der Waals surface area contributed by atoms with Crippen LogP contribution in [-0.4, -0.2) is 17.3 Å². The molecule has 2 rings (SSSR count). The SMILES string of the molecule is CNc1ccccc1O.Nc1ccc(O)cc1. The molecular formula is C13H16N2O2. The van der Waals surface area contributed by atoms with E-state index in [2.05, 4.69) is 5.32 Å². The predicted octanol–water partition coefficient (Wildman–Crippen LogP) is 2.41. The van der Waals surface area contributed by atoms with E-state index in [1.54, 1.807) is 43.4 Å². The number of hydrogen-bond donors (Lipinski definition) is 4. The van der Waals surface area contributed by atoms with E-state index in [1.165, 1.54) is 0 Å². The van der Waals surface area contributed by atoms with Crippen LogP contribution < -0.4 is 11.1 Å². The Hall–Kier alpha value is -2.36. The lowest BCUT2D eigenvalue weighted by Crippen LogP contribution is -1.86. The molecule has 0 aromatic heterocycles. The Morgan fingerprint density at radius 1 is 0.941 bits per heavy atom. The quantitative estimate of drug-likeness (QED) is 0.346. The molecule has 0 saturated heterocycles. The van der Waals surface area contributed by atoms with Crippen molar-refractivity contribution in [2.75, 3.05) is 18.1 Å². The van der Waals surface area contributed by atoms with E-state index < -0.39 is 0 Å². The van der Waals surface area contributed by atoms with Gasteiger partial charge in [-0.1, -0.05) is 12.1 Å². The van der Waals surface area contributed by atoms with Crippen LogP contribution in [0.15, 0.2) is 48.5 Å². The molecule has 0 amide bonds. The summed E-state index contributed by atoms with van der Waals surface area (Å²) in [4.78, 5) is 0. The summed E-state index contributed by atoms with van der Waals surface area (Å²) in [7, 11) is 1.77. The first-order valence-corrected chi connectivity index (χ1v) is 5.13. The Balaban J connectivity index is 0.000000171. The molecule has 0 radical (unpaired) electrons. The largest absolute Gasteiger partial charge is 0.508 e. The third-order valence-electron chi connectivity index (χ3n) is 2.07. The normalized spacial score (nSPS) is 9.00. The highest BCUT2D eigenvalue weighted by Gasteiger charge is 1.91. The number of hydrogen-bond acceptors (Lipinski definition) is 4. The summed E-state index contributed by atoms with van der Waals surface area (Å²) in [5.74, 6) is 0.541. The number of nitrogen functional groups attached to an aromatic ring is 1. The number of rotatable bonds is 1. The van der Waals surface area contributed by atoms with Gasteiger partial charge in [0, 0.05) is 12.7 Å². The number of phenolic OH excluding ortho intramolecular Hbond substituents is 2. The standard InChI is InChI=1S/C7H9NO.C6H7NO/c1-8-6-4-2-3-5-7(6)9;7-5-1-3-6(8)4-2-5/h2-5,8-9H,1H3;1-4,8H,7H2. The maximum absolute atomic E-state index is 9.05. The van der Waals surface area contributed by atoms with Crippen LogP contribution in [0.1, 0.15) is 0 Å². The van der Waals surface area contributed by atoms with Crippen LogP contribution in [0, 0.1) is 0 Å². The Morgan fingerprint density at radius 3 is 1.94 bits per heavy atom. The lowest BCUT2D eigenvalue weighted by Gasteiger charge is -1.99. The van der Waals surface area contributed by atoms with Gasteiger partial charge in [-0.15, -0.1) is 0 Å². The second-order valence-corrected chi connectivity index (χ2v) is 3.36. The first kappa shape index (κ1) is 12.7. The molecule has 90 valence electrons. The first-order valence-electron chi connectivity index (χ1n) is 5.13. The number of nitrogens with two attached hydrogens (primary N) is 1. The minimum Gasteiger partial charge on any atom is -0.508 e. The van der Waals surface area contributed by atoms with Crippen molar-refractivity contribution >= 4 is 11.4 Å². The number of nitrogens with one attached hydrogen (secondary N) is 1. The molecule has 2 aromatic rings. The Bertz CT molecular complexity index is 434. The highest BCUT2D eigenvalue weighted by Crippen LogP contribution is 2.19. The summed E-state index contributed by atoms with van der Waals surface area (Å²) in [5.41, 5.74) is 6.75. The van der Waals surface area contributed by atoms with Crippen LogP contribution >= 0.6 is 0 Å². The van der Waals surface area contributed by atoms with E-state index in [0.717, 1.165) is 5.69 Å². The highest BCUT2D eigenvalue weighted by molar-refractivity contribution is 5.54. The van der Waals surface area contributed by atoms with Gasteiger partial charge in [-0.2, -0.15) is 0 Å². The lowest BCUT2D eigenvalue weighted by atomic mass is 10.3. The highest BCUT2D eigenvalue weighted by atomic mass is 16.3. The zero-order valence-electron chi connectivity index (χ0n) is 9.59. The third-order valence-corrected chi connectivity index (χ3v) is 2.07. The number of aromatic hydroxyl groups is 2. The molecular weight excluding hydrogens is 216 g/mol. The number of benzene rings is 2. The van der Waals surface area contributed by atoms with E-state index in [4.69, 9.17) is 15.9 Å². The van der Waals surface area contributed by atoms with Gasteiger partial charge in [0.1, 0.15) is 11.5 Å². The van der Waals surface area contributed by atoms with Crippen molar-refractivity contribution < 1.29 is 10.2 Å². The van der Waals surface area contributed by atoms with E-state index in [0.29, 0.717) is 11.4 Å². The molecule has 5 N–H and O–H groups in total. The lowest BCUT2D eigenvalue weighted by molar-refractivity contribution is 0.475. The molecule has 4 nitrogen and oxygen atoms in total. The fraction of sp³-hybridized carbons (Fsp3) is 0.0769. The van der Waals surface area contributed by atoms with E-state index in [-0.39, 0.29) is 5.75 Å². The number of phenols is 2. The molecule has 0 unspecified atom stereocenters. The molecule has 0 fully saturated rings. The monoisotopic (exact) mass is 232 g/mol. The predicted molar refractivity (Wildman–Crippen MR) is 70.2 cm³/mol. The summed E-state index contributed by atoms with van der Waals surface area (Å²) in [5, 5.41) is 20.6. The van der Waals surface area contributed by atoms with Gasteiger partial charge in [0.05, 0.1) is 5.69 Å². The van der Waals surface area contributed by atoms with Crippen molar-refractivity contribution in [3.05, 3.63) is 48.5 Å². The third kappa shape index (κ3) is 4.34. The van der Waals surface area contributed by atoms with Gasteiger partial charge in [-0.05, 0) is 36.4 Å². The van der Waals surface area contributed by atoms with Gasteiger partial charge < -0.3 is 21.3 Å². The zero-order valence-corrected chi connectivity index (χ0v) is 9.59. The fourth-order valence-corrected chi connectivity index (χ4v) is 1.16. The fourth-order valence-electron chi connectivity index (χ4n) is 1.16. The molecule has 17 heavy (non-hydrogen) atoms. The first-order chi connectivity index (χ1) is 8.13. The van der Waals surface area contributed by atoms with Crippen molar-refractivity contribution in [3.63, 3.8) is 0 Å². The second kappa shape index (κ2) is 6.27. The van der Waals surface area contributed by atoms with Crippen molar-refractivity contribution in [1.29, 1.82) is 0 Å². The van der Waals surface area contributed by atoms with Gasteiger partial charge in [0.15, 0.2) is 0 Å². The molecule has 0 spiro atoms. The van der Waals surface area contributed by atoms with E-state index >= 15 is 0 Å². The minimum atomic E-state index is 0.249. The van der Waals surface area contributed by atoms with Gasteiger partial charge >= 0.3 is 0 Å². The van der Waals surface area contributed by atoms with Crippen LogP contribution in [0.5, 0.6) is 11.5 Å². The molecule has 0 aliphatic rings. The summed E-state index contributed by atoms with van der Waals surface area (Å²) >= 11 is 0. The van der Waals surface area contributed by atoms with Gasteiger partial charge in [0.2, 0.25) is 0 Å². The van der Waals surface area contributed by atoms with Crippen LogP contribution in [0.4, 0.5) is 11.4 Å². The minimum absolute atomic E-state index is 0.249. The summed E-state index contributed by atoms with van der Waals surface area (Å²) in [6.45, 7) is 0. The zero-order chi connectivity index (χ0) is 12.7. The summed E-state index contributed by atoms with van der Waals surface area (Å²) < 4.78 is 0. The summed E-state index contributed by atoms with van der Waals surface area (Å²) in [6.07, 6.45) is 0. The molecule has 0 saturated carbocycles. The Morgan fingerprint density at radius 2 is 1.53 bits per heavy atom. The molecule has 0 aliphatic carbocycles. The Labute approximate surface area is 100 Å². The Kier molecular flexibility index (Phi) is 4.69. The van der Waals surface area contributed by atoms with Crippen LogP contribution in [-0.2, 0) is 0 Å². The van der Waals surface area contributed by atoms with Crippen molar-refractivity contribution in [3.8, 4) is 11.5 Å². The molecule has 0 atom stereocenters. The van der Waals surface area contributed by atoms with Crippen LogP contribution in [0.25, 0.3) is 0 Å². The number of para-hydroxylation sites is 2. The molecule has 0 aliphatic heterocycles. The van der Waals surface area contributed by atoms with Crippen LogP contribution in [0.2, 0.25) is 0 Å². The molecule has 4 heteroatoms. The van der Waals surface area contributed by atoms with E-state index in [1.807, 2.05) is 12.1 Å². The average Bonchev–Trinajstić information content (AvgIpc) is 2.34. The maximum Gasteiger partial charge on any atom is 0.138 e. The smallest absolute Gasteiger partial charge is 0.138 e. The van der Waals surface area contributed by atoms with Crippen LogP contribution in [0.3, 0.4) is 0 Å². The number of anilines is 2. The summed E-state index contributed by atoms with van der Waals surface area (Å²) in [6, 6.07) is 13.5. The maximum atomic E-state index is 9.05. The van der Waals surface area contributed by atoms with E-state index in [9.17, 15) is 0 Å². The van der Waals surface area contributed by atoms with Gasteiger partial charge in [-0.25, -0.2) is 0 Å².